The molecule has 1 aromatic heterocycles. The summed E-state index contributed by atoms with van der Waals surface area (Å²) >= 11 is 5.11. The van der Waals surface area contributed by atoms with Crippen molar-refractivity contribution >= 4 is 27.7 Å². The van der Waals surface area contributed by atoms with Gasteiger partial charge in [-0.05, 0) is 47.5 Å². The maximum atomic E-state index is 6.14. The molecule has 0 aliphatic rings. The summed E-state index contributed by atoms with van der Waals surface area (Å²) in [5.41, 5.74) is 8.65. The van der Waals surface area contributed by atoms with Crippen LogP contribution in [0.1, 0.15) is 23.3 Å². The molecule has 0 radical (unpaired) electrons. The smallest absolute Gasteiger partial charge is 0.0967 e. The minimum Gasteiger partial charge on any atom is -0.327 e. The highest BCUT2D eigenvalue weighted by atomic mass is 79.9. The Balaban J connectivity index is 2.23. The van der Waals surface area contributed by atoms with Gasteiger partial charge < -0.3 is 5.73 Å². The predicted molar refractivity (Wildman–Crippen MR) is 85.4 cm³/mol. The molecule has 0 saturated carbocycles. The van der Waals surface area contributed by atoms with E-state index >= 15 is 0 Å². The number of aromatic nitrogens is 1. The normalized spacial score (nSPS) is 14.1. The van der Waals surface area contributed by atoms with Crippen LogP contribution < -0.4 is 5.73 Å². The van der Waals surface area contributed by atoms with Crippen molar-refractivity contribution in [1.29, 1.82) is 0 Å². The van der Waals surface area contributed by atoms with E-state index in [1.54, 1.807) is 11.8 Å². The van der Waals surface area contributed by atoms with E-state index in [1.165, 1.54) is 11.1 Å². The first-order valence-corrected chi connectivity index (χ1v) is 7.84. The predicted octanol–water partition coefficient (Wildman–Crippen LogP) is 4.33. The number of aryl methyl sites for hydroxylation is 1. The monoisotopic (exact) mass is 336 g/mol. The van der Waals surface area contributed by atoms with Crippen LogP contribution >= 0.6 is 27.7 Å². The zero-order valence-electron chi connectivity index (χ0n) is 11.0. The maximum Gasteiger partial charge on any atom is 0.0967 e. The Morgan fingerprint density at radius 2 is 2.05 bits per heavy atom. The van der Waals surface area contributed by atoms with Crippen LogP contribution in [-0.2, 0) is 0 Å². The molecule has 4 heteroatoms. The van der Waals surface area contributed by atoms with E-state index < -0.39 is 0 Å². The molecule has 2 nitrogen and oxygen atoms in total. The molecule has 0 fully saturated rings. The molecule has 0 spiro atoms. The largest absolute Gasteiger partial charge is 0.327 e. The second-order valence-corrected chi connectivity index (χ2v) is 6.70. The minimum atomic E-state index is 0.0669. The topological polar surface area (TPSA) is 38.9 Å². The van der Waals surface area contributed by atoms with Crippen LogP contribution in [0.3, 0.4) is 0 Å². The lowest BCUT2D eigenvalue weighted by atomic mass is 10.0. The molecule has 0 aliphatic carbocycles. The van der Waals surface area contributed by atoms with Crippen LogP contribution in [0.25, 0.3) is 0 Å². The van der Waals surface area contributed by atoms with Crippen LogP contribution in [0.15, 0.2) is 52.1 Å². The van der Waals surface area contributed by atoms with Crippen molar-refractivity contribution < 1.29 is 0 Å². The molecule has 2 atom stereocenters. The lowest BCUT2D eigenvalue weighted by Crippen LogP contribution is -2.22. The van der Waals surface area contributed by atoms with E-state index in [4.69, 9.17) is 5.73 Å². The highest BCUT2D eigenvalue weighted by Crippen LogP contribution is 2.36. The van der Waals surface area contributed by atoms with Crippen LogP contribution in [0.5, 0.6) is 0 Å². The summed E-state index contributed by atoms with van der Waals surface area (Å²) in [6, 6.07) is 12.6. The summed E-state index contributed by atoms with van der Waals surface area (Å²) in [5.74, 6) is 0. The Kier molecular flexibility index (Phi) is 5.02. The molecule has 2 rings (SSSR count). The molecule has 0 aliphatic heterocycles. The SMILES string of the molecule is Cc1cccc(C(Sc2ccc(Br)cn2)C(C)N)c1. The molecule has 2 aromatic rings. The van der Waals surface area contributed by atoms with Crippen molar-refractivity contribution in [2.24, 2.45) is 5.73 Å². The zero-order chi connectivity index (χ0) is 13.8. The van der Waals surface area contributed by atoms with Gasteiger partial charge in [0.2, 0.25) is 0 Å². The lowest BCUT2D eigenvalue weighted by Gasteiger charge is -2.20. The van der Waals surface area contributed by atoms with Crippen molar-refractivity contribution in [3.05, 3.63) is 58.2 Å². The fourth-order valence-electron chi connectivity index (χ4n) is 1.89. The van der Waals surface area contributed by atoms with Crippen LogP contribution in [0, 0.1) is 6.92 Å². The first-order chi connectivity index (χ1) is 9.06. The summed E-state index contributed by atoms with van der Waals surface area (Å²) in [5, 5.41) is 1.21. The van der Waals surface area contributed by atoms with E-state index in [0.29, 0.717) is 0 Å². The number of nitrogens with two attached hydrogens (primary N) is 1. The number of halogens is 1. The average Bonchev–Trinajstić information content (AvgIpc) is 2.37. The van der Waals surface area contributed by atoms with Gasteiger partial charge in [-0.1, -0.05) is 41.6 Å². The number of rotatable bonds is 4. The Hall–Kier alpha value is -0.840. The number of hydrogen-bond acceptors (Lipinski definition) is 3. The van der Waals surface area contributed by atoms with Gasteiger partial charge in [0, 0.05) is 16.7 Å². The molecule has 0 saturated heterocycles. The Morgan fingerprint density at radius 3 is 2.63 bits per heavy atom. The van der Waals surface area contributed by atoms with Crippen molar-refractivity contribution in [1.82, 2.24) is 4.98 Å². The van der Waals surface area contributed by atoms with Gasteiger partial charge in [0.1, 0.15) is 0 Å². The second kappa shape index (κ2) is 6.55. The average molecular weight is 337 g/mol. The van der Waals surface area contributed by atoms with Crippen LogP contribution in [0.2, 0.25) is 0 Å². The second-order valence-electron chi connectivity index (χ2n) is 4.63. The van der Waals surface area contributed by atoms with Crippen molar-refractivity contribution in [2.45, 2.75) is 30.2 Å². The molecule has 19 heavy (non-hydrogen) atoms. The molecule has 0 amide bonds. The maximum absolute atomic E-state index is 6.14. The first kappa shape index (κ1) is 14.6. The fraction of sp³-hybridized carbons (Fsp3) is 0.267. The minimum absolute atomic E-state index is 0.0669. The number of benzene rings is 1. The summed E-state index contributed by atoms with van der Waals surface area (Å²) < 4.78 is 0.991. The first-order valence-electron chi connectivity index (χ1n) is 6.16. The number of thioether (sulfide) groups is 1. The van der Waals surface area contributed by atoms with E-state index in [2.05, 4.69) is 52.1 Å². The highest BCUT2D eigenvalue weighted by Gasteiger charge is 2.18. The number of hydrogen-bond donors (Lipinski definition) is 1. The van der Waals surface area contributed by atoms with Crippen molar-refractivity contribution in [3.8, 4) is 0 Å². The summed E-state index contributed by atoms with van der Waals surface area (Å²) in [6.07, 6.45) is 1.82. The van der Waals surface area contributed by atoms with Gasteiger partial charge in [0.05, 0.1) is 10.3 Å². The molecule has 2 unspecified atom stereocenters. The van der Waals surface area contributed by atoms with E-state index in [1.807, 2.05) is 25.3 Å². The zero-order valence-corrected chi connectivity index (χ0v) is 13.4. The van der Waals surface area contributed by atoms with Gasteiger partial charge >= 0.3 is 0 Å². The fourth-order valence-corrected chi connectivity index (χ4v) is 3.14. The highest BCUT2D eigenvalue weighted by molar-refractivity contribution is 9.10. The Labute approximate surface area is 126 Å². The molecule has 2 N–H and O–H groups in total. The van der Waals surface area contributed by atoms with Crippen LogP contribution in [-0.4, -0.2) is 11.0 Å². The van der Waals surface area contributed by atoms with Crippen molar-refractivity contribution in [2.75, 3.05) is 0 Å². The molecular formula is C15H17BrN2S. The summed E-state index contributed by atoms with van der Waals surface area (Å²) in [6.45, 7) is 4.14. The standard InChI is InChI=1S/C15H17BrN2S/c1-10-4-3-5-12(8-10)15(11(2)17)19-14-7-6-13(16)9-18-14/h3-9,11,15H,17H2,1-2H3. The van der Waals surface area contributed by atoms with Gasteiger partial charge in [-0.2, -0.15) is 0 Å². The van der Waals surface area contributed by atoms with Gasteiger partial charge in [0.25, 0.3) is 0 Å². The van der Waals surface area contributed by atoms with E-state index in [0.717, 1.165) is 9.50 Å². The Bertz CT molecular complexity index is 540. The molecular weight excluding hydrogens is 320 g/mol. The number of nitrogens with zero attached hydrogens (tertiary/aromatic N) is 1. The van der Waals surface area contributed by atoms with Gasteiger partial charge in [-0.3, -0.25) is 0 Å². The summed E-state index contributed by atoms with van der Waals surface area (Å²) in [7, 11) is 0. The molecule has 1 heterocycles. The third-order valence-electron chi connectivity index (χ3n) is 2.80. The third kappa shape index (κ3) is 4.06. The third-order valence-corrected chi connectivity index (χ3v) is 4.70. The molecule has 0 bridgehead atoms. The van der Waals surface area contributed by atoms with Gasteiger partial charge in [-0.15, -0.1) is 0 Å². The van der Waals surface area contributed by atoms with Crippen LogP contribution in [0.4, 0.5) is 0 Å². The lowest BCUT2D eigenvalue weighted by molar-refractivity contribution is 0.719. The van der Waals surface area contributed by atoms with E-state index in [-0.39, 0.29) is 11.3 Å². The quantitative estimate of drug-likeness (QED) is 0.844. The Morgan fingerprint density at radius 1 is 1.26 bits per heavy atom. The number of pyridine rings is 1. The summed E-state index contributed by atoms with van der Waals surface area (Å²) in [4.78, 5) is 4.41. The molecule has 1 aromatic carbocycles. The van der Waals surface area contributed by atoms with Gasteiger partial charge in [-0.25, -0.2) is 4.98 Å². The molecule has 100 valence electrons. The van der Waals surface area contributed by atoms with Crippen molar-refractivity contribution in [3.63, 3.8) is 0 Å². The van der Waals surface area contributed by atoms with E-state index in [9.17, 15) is 0 Å². The van der Waals surface area contributed by atoms with Gasteiger partial charge in [0.15, 0.2) is 0 Å².